The number of hydrogen-bond acceptors (Lipinski definition) is 3. The second-order valence-electron chi connectivity index (χ2n) is 4.41. The van der Waals surface area contributed by atoms with Gasteiger partial charge in [-0.25, -0.2) is 4.98 Å². The average Bonchev–Trinajstić information content (AvgIpc) is 2.50. The highest BCUT2D eigenvalue weighted by atomic mass is 35.5. The first-order chi connectivity index (χ1) is 10.1. The SMILES string of the molecule is CCCNC(=O)c1ccc(Nc2cccc(Cl)c2Cl)cn1. The molecule has 0 radical (unpaired) electrons. The molecule has 1 aromatic carbocycles. The molecule has 1 amide bonds. The van der Waals surface area contributed by atoms with E-state index in [-0.39, 0.29) is 5.91 Å². The number of hydrogen-bond donors (Lipinski definition) is 2. The second kappa shape index (κ2) is 7.29. The van der Waals surface area contributed by atoms with Crippen molar-refractivity contribution < 1.29 is 4.79 Å². The van der Waals surface area contributed by atoms with Crippen molar-refractivity contribution in [3.63, 3.8) is 0 Å². The molecule has 0 spiro atoms. The Bertz CT molecular complexity index is 629. The van der Waals surface area contributed by atoms with Crippen LogP contribution in [0.1, 0.15) is 23.8 Å². The van der Waals surface area contributed by atoms with Gasteiger partial charge in [0.2, 0.25) is 0 Å². The second-order valence-corrected chi connectivity index (χ2v) is 5.20. The number of aromatic nitrogens is 1. The molecule has 0 aliphatic heterocycles. The first kappa shape index (κ1) is 15.6. The van der Waals surface area contributed by atoms with Crippen LogP contribution in [0.25, 0.3) is 0 Å². The first-order valence-corrected chi connectivity index (χ1v) is 7.32. The van der Waals surface area contributed by atoms with Crippen LogP contribution in [0.2, 0.25) is 10.0 Å². The van der Waals surface area contributed by atoms with Gasteiger partial charge < -0.3 is 10.6 Å². The smallest absolute Gasteiger partial charge is 0.269 e. The van der Waals surface area contributed by atoms with E-state index in [0.717, 1.165) is 12.1 Å². The number of rotatable bonds is 5. The summed E-state index contributed by atoms with van der Waals surface area (Å²) in [6, 6.07) is 8.76. The summed E-state index contributed by atoms with van der Waals surface area (Å²) in [6.45, 7) is 2.63. The van der Waals surface area contributed by atoms with Gasteiger partial charge in [-0.1, -0.05) is 36.2 Å². The standard InChI is InChI=1S/C15H15Cl2N3O/c1-2-8-18-15(21)13-7-6-10(9-19-13)20-12-5-3-4-11(16)14(12)17/h3-7,9,20H,2,8H2,1H3,(H,18,21). The molecule has 1 aromatic heterocycles. The zero-order chi connectivity index (χ0) is 15.2. The van der Waals surface area contributed by atoms with Crippen LogP contribution in [0.4, 0.5) is 11.4 Å². The Morgan fingerprint density at radius 2 is 2.05 bits per heavy atom. The maximum Gasteiger partial charge on any atom is 0.269 e. The molecule has 0 aliphatic rings. The van der Waals surface area contributed by atoms with E-state index in [4.69, 9.17) is 23.2 Å². The van der Waals surface area contributed by atoms with Gasteiger partial charge in [-0.15, -0.1) is 0 Å². The first-order valence-electron chi connectivity index (χ1n) is 6.57. The molecule has 1 heterocycles. The van der Waals surface area contributed by atoms with Crippen LogP contribution in [0, 0.1) is 0 Å². The quantitative estimate of drug-likeness (QED) is 0.863. The summed E-state index contributed by atoms with van der Waals surface area (Å²) in [5, 5.41) is 6.81. The highest BCUT2D eigenvalue weighted by molar-refractivity contribution is 6.43. The van der Waals surface area contributed by atoms with Crippen molar-refractivity contribution in [1.82, 2.24) is 10.3 Å². The topological polar surface area (TPSA) is 54.0 Å². The molecule has 0 bridgehead atoms. The number of amides is 1. The van der Waals surface area contributed by atoms with Gasteiger partial charge in [0.1, 0.15) is 5.69 Å². The molecule has 110 valence electrons. The van der Waals surface area contributed by atoms with Gasteiger partial charge in [0.05, 0.1) is 27.6 Å². The van der Waals surface area contributed by atoms with Crippen LogP contribution in [-0.2, 0) is 0 Å². The van der Waals surface area contributed by atoms with Gasteiger partial charge >= 0.3 is 0 Å². The third-order valence-corrected chi connectivity index (χ3v) is 3.58. The molecule has 21 heavy (non-hydrogen) atoms. The minimum atomic E-state index is -0.177. The van der Waals surface area contributed by atoms with Gasteiger partial charge in [0.15, 0.2) is 0 Å². The molecule has 0 unspecified atom stereocenters. The van der Waals surface area contributed by atoms with Gasteiger partial charge in [-0.05, 0) is 30.7 Å². The fourth-order valence-electron chi connectivity index (χ4n) is 1.69. The zero-order valence-electron chi connectivity index (χ0n) is 11.5. The molecule has 0 saturated carbocycles. The summed E-state index contributed by atoms with van der Waals surface area (Å²) in [5.41, 5.74) is 1.80. The van der Waals surface area contributed by atoms with Crippen molar-refractivity contribution in [3.8, 4) is 0 Å². The third-order valence-electron chi connectivity index (χ3n) is 2.76. The number of carbonyl (C=O) groups is 1. The van der Waals surface area contributed by atoms with Crippen molar-refractivity contribution >= 4 is 40.5 Å². The Balaban J connectivity index is 2.09. The predicted octanol–water partition coefficient (Wildman–Crippen LogP) is 4.27. The summed E-state index contributed by atoms with van der Waals surface area (Å²) in [7, 11) is 0. The number of benzene rings is 1. The molecule has 6 heteroatoms. The van der Waals surface area contributed by atoms with Crippen molar-refractivity contribution in [3.05, 3.63) is 52.3 Å². The van der Waals surface area contributed by atoms with E-state index < -0.39 is 0 Å². The maximum atomic E-state index is 11.7. The Kier molecular flexibility index (Phi) is 5.42. The maximum absolute atomic E-state index is 11.7. The highest BCUT2D eigenvalue weighted by Gasteiger charge is 2.07. The lowest BCUT2D eigenvalue weighted by Gasteiger charge is -2.09. The normalized spacial score (nSPS) is 10.2. The number of anilines is 2. The molecule has 2 N–H and O–H groups in total. The van der Waals surface area contributed by atoms with Crippen LogP contribution in [0.5, 0.6) is 0 Å². The lowest BCUT2D eigenvalue weighted by Crippen LogP contribution is -2.24. The van der Waals surface area contributed by atoms with E-state index in [1.807, 2.05) is 13.0 Å². The van der Waals surface area contributed by atoms with E-state index in [2.05, 4.69) is 15.6 Å². The number of halogens is 2. The van der Waals surface area contributed by atoms with E-state index in [0.29, 0.717) is 28.0 Å². The Morgan fingerprint density at radius 3 is 2.71 bits per heavy atom. The van der Waals surface area contributed by atoms with Gasteiger partial charge in [-0.3, -0.25) is 4.79 Å². The fourth-order valence-corrected chi connectivity index (χ4v) is 2.03. The van der Waals surface area contributed by atoms with E-state index in [1.165, 1.54) is 0 Å². The lowest BCUT2D eigenvalue weighted by molar-refractivity contribution is 0.0949. The number of nitrogens with one attached hydrogen (secondary N) is 2. The van der Waals surface area contributed by atoms with Crippen LogP contribution in [0.15, 0.2) is 36.5 Å². The van der Waals surface area contributed by atoms with Crippen molar-refractivity contribution in [2.24, 2.45) is 0 Å². The molecule has 2 rings (SSSR count). The Morgan fingerprint density at radius 1 is 1.24 bits per heavy atom. The molecule has 4 nitrogen and oxygen atoms in total. The molecule has 0 aliphatic carbocycles. The Labute approximate surface area is 133 Å². The number of carbonyl (C=O) groups excluding carboxylic acids is 1. The van der Waals surface area contributed by atoms with Crippen LogP contribution >= 0.6 is 23.2 Å². The van der Waals surface area contributed by atoms with Crippen LogP contribution in [-0.4, -0.2) is 17.4 Å². The van der Waals surface area contributed by atoms with Gasteiger partial charge in [0.25, 0.3) is 5.91 Å². The molecular formula is C15H15Cl2N3O. The average molecular weight is 324 g/mol. The summed E-state index contributed by atoms with van der Waals surface area (Å²) < 4.78 is 0. The number of pyridine rings is 1. The van der Waals surface area contributed by atoms with Crippen molar-refractivity contribution in [2.45, 2.75) is 13.3 Å². The summed E-state index contributed by atoms with van der Waals surface area (Å²) in [6.07, 6.45) is 2.47. The van der Waals surface area contributed by atoms with Gasteiger partial charge in [0, 0.05) is 6.54 Å². The molecular weight excluding hydrogens is 309 g/mol. The van der Waals surface area contributed by atoms with Gasteiger partial charge in [-0.2, -0.15) is 0 Å². The van der Waals surface area contributed by atoms with Crippen LogP contribution < -0.4 is 10.6 Å². The number of nitrogens with zero attached hydrogens (tertiary/aromatic N) is 1. The molecule has 0 atom stereocenters. The largest absolute Gasteiger partial charge is 0.353 e. The highest BCUT2D eigenvalue weighted by Crippen LogP contribution is 2.31. The third kappa shape index (κ3) is 4.09. The summed E-state index contributed by atoms with van der Waals surface area (Å²) in [4.78, 5) is 15.9. The summed E-state index contributed by atoms with van der Waals surface area (Å²) in [5.74, 6) is -0.177. The lowest BCUT2D eigenvalue weighted by atomic mass is 10.2. The molecule has 0 saturated heterocycles. The monoisotopic (exact) mass is 323 g/mol. The minimum Gasteiger partial charge on any atom is -0.353 e. The van der Waals surface area contributed by atoms with Crippen molar-refractivity contribution in [1.29, 1.82) is 0 Å². The summed E-state index contributed by atoms with van der Waals surface area (Å²) >= 11 is 12.1. The molecule has 0 fully saturated rings. The zero-order valence-corrected chi connectivity index (χ0v) is 13.0. The fraction of sp³-hybridized carbons (Fsp3) is 0.200. The minimum absolute atomic E-state index is 0.177. The van der Waals surface area contributed by atoms with E-state index in [9.17, 15) is 4.79 Å². The van der Waals surface area contributed by atoms with Crippen molar-refractivity contribution in [2.75, 3.05) is 11.9 Å². The van der Waals surface area contributed by atoms with E-state index >= 15 is 0 Å². The molecule has 2 aromatic rings. The van der Waals surface area contributed by atoms with Crippen LogP contribution in [0.3, 0.4) is 0 Å². The van der Waals surface area contributed by atoms with E-state index in [1.54, 1.807) is 30.5 Å². The Hall–Kier alpha value is -1.78. The predicted molar refractivity (Wildman–Crippen MR) is 86.6 cm³/mol.